The second-order valence-electron chi connectivity index (χ2n) is 9.02. The van der Waals surface area contributed by atoms with Gasteiger partial charge in [-0.2, -0.15) is 5.10 Å². The minimum atomic E-state index is -1.07. The van der Waals surface area contributed by atoms with Crippen molar-refractivity contribution in [2.45, 2.75) is 71.3 Å². The van der Waals surface area contributed by atoms with E-state index in [1.165, 1.54) is 0 Å². The average Bonchev–Trinajstić information content (AvgIpc) is 3.11. The predicted molar refractivity (Wildman–Crippen MR) is 103 cm³/mol. The molecule has 1 saturated heterocycles. The molecule has 0 aromatic carbocycles. The molecule has 1 atom stereocenters. The first-order chi connectivity index (χ1) is 12.0. The molecule has 2 heterocycles. The summed E-state index contributed by atoms with van der Waals surface area (Å²) >= 11 is 0. The van der Waals surface area contributed by atoms with Gasteiger partial charge in [-0.1, -0.05) is 19.6 Å². The molecule has 0 aliphatic carbocycles. The monoisotopic (exact) mass is 383 g/mol. The maximum absolute atomic E-state index is 12.1. The Morgan fingerprint density at radius 2 is 2.08 bits per heavy atom. The summed E-state index contributed by atoms with van der Waals surface area (Å²) in [7, 11) is -1.07. The molecule has 148 valence electrons. The first-order valence-corrected chi connectivity index (χ1v) is 13.0. The number of carbonyl (C=O) groups is 1. The van der Waals surface area contributed by atoms with Gasteiger partial charge in [0.15, 0.2) is 5.75 Å². The molecule has 1 amide bonds. The van der Waals surface area contributed by atoms with Crippen LogP contribution in [0.5, 0.6) is 5.75 Å². The Balaban J connectivity index is 1.73. The van der Waals surface area contributed by atoms with Crippen LogP contribution in [0.4, 0.5) is 4.79 Å². The molecule has 2 rings (SSSR count). The Morgan fingerprint density at radius 1 is 1.35 bits per heavy atom. The van der Waals surface area contributed by atoms with Crippen molar-refractivity contribution in [2.24, 2.45) is 0 Å². The number of carbonyl (C=O) groups excluding carboxylic acids is 1. The summed E-state index contributed by atoms with van der Waals surface area (Å²) in [5.74, 6) is 0.704. The summed E-state index contributed by atoms with van der Waals surface area (Å²) in [6.45, 7) is 15.0. The number of rotatable bonds is 7. The van der Waals surface area contributed by atoms with Crippen LogP contribution in [0.25, 0.3) is 0 Å². The lowest BCUT2D eigenvalue weighted by Crippen LogP contribution is -2.36. The normalized spacial score (nSPS) is 18.2. The van der Waals surface area contributed by atoms with Gasteiger partial charge in [0.25, 0.3) is 0 Å². The van der Waals surface area contributed by atoms with Gasteiger partial charge in [0.05, 0.1) is 18.9 Å². The lowest BCUT2D eigenvalue weighted by molar-refractivity contribution is 0.0275. The molecular formula is C18H33N3O4Si. The highest BCUT2D eigenvalue weighted by Crippen LogP contribution is 2.20. The fraction of sp³-hybridized carbons (Fsp3) is 0.778. The number of amides is 1. The van der Waals surface area contributed by atoms with Crippen molar-refractivity contribution in [3.8, 4) is 5.75 Å². The summed E-state index contributed by atoms with van der Waals surface area (Å²) in [6.07, 6.45) is 4.00. The smallest absolute Gasteiger partial charge is 0.410 e. The number of nitrogens with zero attached hydrogens (tertiary/aromatic N) is 3. The molecule has 8 heteroatoms. The number of likely N-dealkylation sites (tertiary alicyclic amines) is 1. The summed E-state index contributed by atoms with van der Waals surface area (Å²) < 4.78 is 18.8. The third-order valence-corrected chi connectivity index (χ3v) is 5.63. The highest BCUT2D eigenvalue weighted by molar-refractivity contribution is 6.76. The maximum Gasteiger partial charge on any atom is 0.410 e. The fourth-order valence-electron chi connectivity index (χ4n) is 2.52. The molecule has 1 fully saturated rings. The number of ether oxygens (including phenoxy) is 3. The second-order valence-corrected chi connectivity index (χ2v) is 14.6. The van der Waals surface area contributed by atoms with E-state index in [0.717, 1.165) is 19.1 Å². The predicted octanol–water partition coefficient (Wildman–Crippen LogP) is 3.58. The van der Waals surface area contributed by atoms with Gasteiger partial charge in [-0.3, -0.25) is 0 Å². The molecule has 1 aromatic rings. The molecule has 1 aliphatic rings. The van der Waals surface area contributed by atoms with Crippen LogP contribution in [0.3, 0.4) is 0 Å². The molecule has 0 saturated carbocycles. The van der Waals surface area contributed by atoms with Crippen LogP contribution in [-0.4, -0.2) is 60.2 Å². The van der Waals surface area contributed by atoms with E-state index < -0.39 is 13.7 Å². The largest absolute Gasteiger partial charge is 0.485 e. The van der Waals surface area contributed by atoms with Crippen molar-refractivity contribution in [3.63, 3.8) is 0 Å². The van der Waals surface area contributed by atoms with Crippen molar-refractivity contribution in [1.82, 2.24) is 14.7 Å². The number of hydrogen-bond acceptors (Lipinski definition) is 5. The molecule has 0 spiro atoms. The van der Waals surface area contributed by atoms with E-state index >= 15 is 0 Å². The third-order valence-electron chi connectivity index (χ3n) is 3.93. The van der Waals surface area contributed by atoms with Crippen LogP contribution in [0, 0.1) is 0 Å². The van der Waals surface area contributed by atoms with E-state index in [1.54, 1.807) is 15.8 Å². The van der Waals surface area contributed by atoms with Gasteiger partial charge in [0, 0.05) is 27.6 Å². The van der Waals surface area contributed by atoms with E-state index in [-0.39, 0.29) is 12.2 Å². The lowest BCUT2D eigenvalue weighted by Gasteiger charge is -2.24. The van der Waals surface area contributed by atoms with Crippen molar-refractivity contribution in [2.75, 3.05) is 19.7 Å². The zero-order chi connectivity index (χ0) is 19.4. The SMILES string of the molecule is CC(C)(C)OC(=O)N1CC[C@H](Oc2cnn(COCC[Si](C)(C)C)c2)C1. The van der Waals surface area contributed by atoms with E-state index in [9.17, 15) is 4.79 Å². The lowest BCUT2D eigenvalue weighted by atomic mass is 10.2. The zero-order valence-electron chi connectivity index (χ0n) is 16.9. The highest BCUT2D eigenvalue weighted by Gasteiger charge is 2.31. The Morgan fingerprint density at radius 3 is 2.73 bits per heavy atom. The first kappa shape index (κ1) is 20.8. The van der Waals surface area contributed by atoms with Crippen LogP contribution in [0.2, 0.25) is 25.7 Å². The van der Waals surface area contributed by atoms with E-state index in [0.29, 0.717) is 25.6 Å². The topological polar surface area (TPSA) is 65.8 Å². The molecule has 0 bridgehead atoms. The molecular weight excluding hydrogens is 350 g/mol. The van der Waals surface area contributed by atoms with Gasteiger partial charge >= 0.3 is 6.09 Å². The van der Waals surface area contributed by atoms with Crippen LogP contribution in [-0.2, 0) is 16.2 Å². The van der Waals surface area contributed by atoms with Gasteiger partial charge in [-0.05, 0) is 26.8 Å². The standard InChI is InChI=1S/C18H33N3O4Si/c1-18(2,3)25-17(22)20-8-7-15(12-20)24-16-11-19-21(13-16)14-23-9-10-26(4,5)6/h11,13,15H,7-10,12,14H2,1-6H3/t15-/m0/s1. The Hall–Kier alpha value is -1.54. The Kier molecular flexibility index (Phi) is 6.73. The molecule has 0 N–H and O–H groups in total. The summed E-state index contributed by atoms with van der Waals surface area (Å²) in [5.41, 5.74) is -0.480. The van der Waals surface area contributed by atoms with Gasteiger partial charge in [0.2, 0.25) is 0 Å². The van der Waals surface area contributed by atoms with Crippen LogP contribution in [0.1, 0.15) is 27.2 Å². The summed E-state index contributed by atoms with van der Waals surface area (Å²) in [4.78, 5) is 13.8. The minimum absolute atomic E-state index is 0.0343. The second kappa shape index (κ2) is 8.43. The first-order valence-electron chi connectivity index (χ1n) is 9.27. The fourth-order valence-corrected chi connectivity index (χ4v) is 3.28. The molecule has 1 aromatic heterocycles. The van der Waals surface area contributed by atoms with E-state index in [4.69, 9.17) is 14.2 Å². The van der Waals surface area contributed by atoms with Gasteiger partial charge in [0.1, 0.15) is 18.4 Å². The molecule has 0 radical (unpaired) electrons. The van der Waals surface area contributed by atoms with E-state index in [2.05, 4.69) is 24.7 Å². The van der Waals surface area contributed by atoms with Crippen molar-refractivity contribution in [3.05, 3.63) is 12.4 Å². The highest BCUT2D eigenvalue weighted by atomic mass is 28.3. The quantitative estimate of drug-likeness (QED) is 0.532. The average molecular weight is 384 g/mol. The molecule has 7 nitrogen and oxygen atoms in total. The van der Waals surface area contributed by atoms with Crippen molar-refractivity contribution in [1.29, 1.82) is 0 Å². The van der Waals surface area contributed by atoms with Gasteiger partial charge in [-0.15, -0.1) is 0 Å². The van der Waals surface area contributed by atoms with Crippen LogP contribution in [0.15, 0.2) is 12.4 Å². The van der Waals surface area contributed by atoms with Gasteiger partial charge < -0.3 is 19.1 Å². The Bertz CT molecular complexity index is 592. The molecule has 26 heavy (non-hydrogen) atoms. The van der Waals surface area contributed by atoms with Gasteiger partial charge in [-0.25, -0.2) is 9.48 Å². The Labute approximate surface area is 157 Å². The maximum atomic E-state index is 12.1. The van der Waals surface area contributed by atoms with Crippen LogP contribution >= 0.6 is 0 Å². The van der Waals surface area contributed by atoms with E-state index in [1.807, 2.05) is 27.0 Å². The molecule has 0 unspecified atom stereocenters. The minimum Gasteiger partial charge on any atom is -0.485 e. The van der Waals surface area contributed by atoms with Crippen molar-refractivity contribution < 1.29 is 19.0 Å². The summed E-state index contributed by atoms with van der Waals surface area (Å²) in [5, 5.41) is 4.27. The summed E-state index contributed by atoms with van der Waals surface area (Å²) in [6, 6.07) is 1.14. The molecule has 1 aliphatic heterocycles. The van der Waals surface area contributed by atoms with Crippen LogP contribution < -0.4 is 4.74 Å². The number of hydrogen-bond donors (Lipinski definition) is 0. The zero-order valence-corrected chi connectivity index (χ0v) is 17.9. The van der Waals surface area contributed by atoms with Crippen molar-refractivity contribution >= 4 is 14.2 Å². The number of aromatic nitrogens is 2. The third kappa shape index (κ3) is 7.37.